The number of sulfonamides is 1. The van der Waals surface area contributed by atoms with Crippen molar-refractivity contribution in [3.05, 3.63) is 28.8 Å². The lowest BCUT2D eigenvalue weighted by Crippen LogP contribution is -2.30. The maximum atomic E-state index is 10.8. The van der Waals surface area contributed by atoms with E-state index in [1.807, 2.05) is 0 Å². The molecule has 0 unspecified atom stereocenters. The molecule has 0 amide bonds. The van der Waals surface area contributed by atoms with E-state index in [1.165, 1.54) is 6.07 Å². The van der Waals surface area contributed by atoms with Crippen LogP contribution in [0.4, 0.5) is 0 Å². The molecule has 17 heavy (non-hydrogen) atoms. The largest absolute Gasteiger partial charge is 0.508 e. The van der Waals surface area contributed by atoms with Crippen molar-refractivity contribution in [2.75, 3.05) is 19.3 Å². The summed E-state index contributed by atoms with van der Waals surface area (Å²) in [5.74, 6) is 0.165. The standard InChI is InChI=1S/C10H15ClN2O3S/c1-17(15,16)13-5-4-12-7-8-6-9(11)2-3-10(8)14/h2-3,6,12-14H,4-5,7H2,1H3. The zero-order valence-electron chi connectivity index (χ0n) is 9.40. The minimum Gasteiger partial charge on any atom is -0.508 e. The molecule has 1 aromatic carbocycles. The van der Waals surface area contributed by atoms with Crippen LogP contribution in [0.1, 0.15) is 5.56 Å². The minimum absolute atomic E-state index is 0.165. The second kappa shape index (κ2) is 6.20. The van der Waals surface area contributed by atoms with Crippen molar-refractivity contribution < 1.29 is 13.5 Å². The number of halogens is 1. The van der Waals surface area contributed by atoms with Gasteiger partial charge in [0.2, 0.25) is 10.0 Å². The van der Waals surface area contributed by atoms with Crippen molar-refractivity contribution in [1.82, 2.24) is 10.0 Å². The molecule has 0 saturated heterocycles. The van der Waals surface area contributed by atoms with Gasteiger partial charge in [0.05, 0.1) is 6.26 Å². The molecule has 7 heteroatoms. The van der Waals surface area contributed by atoms with Crippen LogP contribution in [0.5, 0.6) is 5.75 Å². The molecule has 0 aromatic heterocycles. The van der Waals surface area contributed by atoms with Gasteiger partial charge in [-0.15, -0.1) is 0 Å². The summed E-state index contributed by atoms with van der Waals surface area (Å²) in [7, 11) is -3.14. The fraction of sp³-hybridized carbons (Fsp3) is 0.400. The fourth-order valence-corrected chi connectivity index (χ4v) is 1.91. The van der Waals surface area contributed by atoms with Crippen molar-refractivity contribution in [2.45, 2.75) is 6.54 Å². The molecule has 1 aromatic rings. The quantitative estimate of drug-likeness (QED) is 0.669. The summed E-state index contributed by atoms with van der Waals surface area (Å²) < 4.78 is 23.9. The molecule has 0 radical (unpaired) electrons. The van der Waals surface area contributed by atoms with Gasteiger partial charge in [0, 0.05) is 30.2 Å². The lowest BCUT2D eigenvalue weighted by molar-refractivity contribution is 0.464. The molecule has 5 nitrogen and oxygen atoms in total. The average Bonchev–Trinajstić information content (AvgIpc) is 2.21. The Morgan fingerprint density at radius 2 is 2.06 bits per heavy atom. The van der Waals surface area contributed by atoms with E-state index in [9.17, 15) is 13.5 Å². The molecule has 0 atom stereocenters. The summed E-state index contributed by atoms with van der Waals surface area (Å²) in [5.41, 5.74) is 0.678. The second-order valence-electron chi connectivity index (χ2n) is 3.62. The van der Waals surface area contributed by atoms with Gasteiger partial charge in [-0.3, -0.25) is 0 Å². The van der Waals surface area contributed by atoms with Crippen LogP contribution in [0.3, 0.4) is 0 Å². The number of hydrogen-bond donors (Lipinski definition) is 3. The highest BCUT2D eigenvalue weighted by Crippen LogP contribution is 2.20. The lowest BCUT2D eigenvalue weighted by atomic mass is 10.2. The van der Waals surface area contributed by atoms with Crippen LogP contribution in [0.25, 0.3) is 0 Å². The van der Waals surface area contributed by atoms with Gasteiger partial charge in [-0.2, -0.15) is 0 Å². The van der Waals surface area contributed by atoms with Gasteiger partial charge in [0.25, 0.3) is 0 Å². The van der Waals surface area contributed by atoms with Gasteiger partial charge >= 0.3 is 0 Å². The van der Waals surface area contributed by atoms with Gasteiger partial charge < -0.3 is 10.4 Å². The van der Waals surface area contributed by atoms with E-state index in [4.69, 9.17) is 11.6 Å². The third-order valence-electron chi connectivity index (χ3n) is 2.02. The van der Waals surface area contributed by atoms with Gasteiger partial charge in [-0.1, -0.05) is 11.6 Å². The molecule has 0 spiro atoms. The molecule has 3 N–H and O–H groups in total. The first-order valence-electron chi connectivity index (χ1n) is 5.01. The Bertz CT molecular complexity index is 476. The number of nitrogens with one attached hydrogen (secondary N) is 2. The number of hydrogen-bond acceptors (Lipinski definition) is 4. The maximum absolute atomic E-state index is 10.8. The predicted octanol–water partition coefficient (Wildman–Crippen LogP) is 0.684. The van der Waals surface area contributed by atoms with Crippen molar-refractivity contribution in [2.24, 2.45) is 0 Å². The topological polar surface area (TPSA) is 78.4 Å². The van der Waals surface area contributed by atoms with E-state index in [-0.39, 0.29) is 5.75 Å². The molecule has 0 aliphatic rings. The average molecular weight is 279 g/mol. The highest BCUT2D eigenvalue weighted by atomic mass is 35.5. The van der Waals surface area contributed by atoms with Crippen LogP contribution >= 0.6 is 11.6 Å². The maximum Gasteiger partial charge on any atom is 0.208 e. The Morgan fingerprint density at radius 3 is 2.71 bits per heavy atom. The van der Waals surface area contributed by atoms with Crippen molar-refractivity contribution in [3.8, 4) is 5.75 Å². The predicted molar refractivity (Wildman–Crippen MR) is 67.7 cm³/mol. The van der Waals surface area contributed by atoms with E-state index in [2.05, 4.69) is 10.0 Å². The van der Waals surface area contributed by atoms with Crippen molar-refractivity contribution in [3.63, 3.8) is 0 Å². The first-order valence-corrected chi connectivity index (χ1v) is 7.28. The molecule has 0 bridgehead atoms. The Labute approximate surface area is 106 Å². The van der Waals surface area contributed by atoms with Gasteiger partial charge in [-0.05, 0) is 18.2 Å². The molecule has 0 aliphatic carbocycles. The van der Waals surface area contributed by atoms with Gasteiger partial charge in [-0.25, -0.2) is 13.1 Å². The molecule has 0 saturated carbocycles. The van der Waals surface area contributed by atoms with E-state index in [1.54, 1.807) is 12.1 Å². The minimum atomic E-state index is -3.14. The van der Waals surface area contributed by atoms with Crippen LogP contribution in [0.15, 0.2) is 18.2 Å². The molecule has 0 fully saturated rings. The van der Waals surface area contributed by atoms with Gasteiger partial charge in [0.15, 0.2) is 0 Å². The van der Waals surface area contributed by atoms with E-state index in [0.29, 0.717) is 30.2 Å². The molecule has 1 rings (SSSR count). The smallest absolute Gasteiger partial charge is 0.208 e. The molecule has 96 valence electrons. The Kier molecular flexibility index (Phi) is 5.20. The summed E-state index contributed by atoms with van der Waals surface area (Å²) in [6.07, 6.45) is 1.11. The Hall–Kier alpha value is -0.820. The fourth-order valence-electron chi connectivity index (χ4n) is 1.24. The van der Waals surface area contributed by atoms with Gasteiger partial charge in [0.1, 0.15) is 5.75 Å². The van der Waals surface area contributed by atoms with Crippen LogP contribution in [0.2, 0.25) is 5.02 Å². The van der Waals surface area contributed by atoms with Crippen LogP contribution in [-0.4, -0.2) is 32.9 Å². The number of rotatable bonds is 6. The molecule has 0 aliphatic heterocycles. The van der Waals surface area contributed by atoms with E-state index < -0.39 is 10.0 Å². The summed E-state index contributed by atoms with van der Waals surface area (Å²) in [6, 6.07) is 4.79. The summed E-state index contributed by atoms with van der Waals surface area (Å²) in [6.45, 7) is 1.21. The highest BCUT2D eigenvalue weighted by Gasteiger charge is 2.02. The number of phenolic OH excluding ortho intramolecular Hbond substituents is 1. The van der Waals surface area contributed by atoms with Crippen molar-refractivity contribution in [1.29, 1.82) is 0 Å². The lowest BCUT2D eigenvalue weighted by Gasteiger charge is -2.07. The zero-order chi connectivity index (χ0) is 12.9. The first-order chi connectivity index (χ1) is 7.88. The summed E-state index contributed by atoms with van der Waals surface area (Å²) in [4.78, 5) is 0. The normalized spacial score (nSPS) is 11.6. The molecular weight excluding hydrogens is 264 g/mol. The van der Waals surface area contributed by atoms with Crippen molar-refractivity contribution >= 4 is 21.6 Å². The number of benzene rings is 1. The monoisotopic (exact) mass is 278 g/mol. The Morgan fingerprint density at radius 1 is 1.35 bits per heavy atom. The van der Waals surface area contributed by atoms with E-state index >= 15 is 0 Å². The summed E-state index contributed by atoms with van der Waals surface area (Å²) in [5, 5.41) is 13.1. The number of phenols is 1. The molecular formula is C10H15ClN2O3S. The highest BCUT2D eigenvalue weighted by molar-refractivity contribution is 7.88. The third kappa shape index (κ3) is 5.88. The first kappa shape index (κ1) is 14.2. The molecule has 0 heterocycles. The van der Waals surface area contributed by atoms with E-state index in [0.717, 1.165) is 6.26 Å². The second-order valence-corrected chi connectivity index (χ2v) is 5.89. The zero-order valence-corrected chi connectivity index (χ0v) is 11.0. The van der Waals surface area contributed by atoms with Crippen LogP contribution < -0.4 is 10.0 Å². The SMILES string of the molecule is CS(=O)(=O)NCCNCc1cc(Cl)ccc1O. The number of aromatic hydroxyl groups is 1. The third-order valence-corrected chi connectivity index (χ3v) is 2.99. The van der Waals surface area contributed by atoms with Crippen LogP contribution in [-0.2, 0) is 16.6 Å². The Balaban J connectivity index is 2.34. The summed E-state index contributed by atoms with van der Waals surface area (Å²) >= 11 is 5.79. The van der Waals surface area contributed by atoms with Crippen LogP contribution in [0, 0.1) is 0 Å².